The molecule has 0 aliphatic heterocycles. The molecule has 0 unspecified atom stereocenters. The van der Waals surface area contributed by atoms with E-state index in [1.807, 2.05) is 0 Å². The third-order valence-corrected chi connectivity index (χ3v) is 3.42. The number of halogens is 3. The molecule has 2 N–H and O–H groups in total. The van der Waals surface area contributed by atoms with Gasteiger partial charge in [-0.15, -0.1) is 0 Å². The Bertz CT molecular complexity index is 748. The predicted octanol–water partition coefficient (Wildman–Crippen LogP) is 3.16. The van der Waals surface area contributed by atoms with E-state index in [4.69, 9.17) is 11.6 Å². The standard InChI is InChI=1S/C16H13ClF2N2O2/c1-20-15(22)6-9-2-4-10(5-3-9)21-16(23)11-7-13(18)14(19)8-12(11)17/h2-5,7-8H,6H2,1H3,(H,20,22)(H,21,23). The zero-order valence-electron chi connectivity index (χ0n) is 12.1. The SMILES string of the molecule is CNC(=O)Cc1ccc(NC(=O)c2cc(F)c(F)cc2Cl)cc1. The Labute approximate surface area is 136 Å². The highest BCUT2D eigenvalue weighted by Crippen LogP contribution is 2.21. The van der Waals surface area contributed by atoms with Crippen LogP contribution >= 0.6 is 11.6 Å². The summed E-state index contributed by atoms with van der Waals surface area (Å²) in [5, 5.41) is 4.85. The van der Waals surface area contributed by atoms with Crippen molar-refractivity contribution in [3.8, 4) is 0 Å². The van der Waals surface area contributed by atoms with Gasteiger partial charge in [0.05, 0.1) is 17.0 Å². The molecule has 2 aromatic carbocycles. The highest BCUT2D eigenvalue weighted by atomic mass is 35.5. The van der Waals surface area contributed by atoms with Gasteiger partial charge in [0, 0.05) is 12.7 Å². The van der Waals surface area contributed by atoms with Crippen molar-refractivity contribution >= 4 is 29.1 Å². The van der Waals surface area contributed by atoms with Crippen LogP contribution in [0.2, 0.25) is 5.02 Å². The topological polar surface area (TPSA) is 58.2 Å². The van der Waals surface area contributed by atoms with E-state index in [1.165, 1.54) is 0 Å². The third-order valence-electron chi connectivity index (χ3n) is 3.11. The first-order valence-electron chi connectivity index (χ1n) is 6.66. The van der Waals surface area contributed by atoms with Crippen molar-refractivity contribution in [2.75, 3.05) is 12.4 Å². The van der Waals surface area contributed by atoms with Crippen LogP contribution in [0.3, 0.4) is 0 Å². The molecule has 120 valence electrons. The van der Waals surface area contributed by atoms with E-state index >= 15 is 0 Å². The quantitative estimate of drug-likeness (QED) is 0.841. The summed E-state index contributed by atoms with van der Waals surface area (Å²) in [5.41, 5.74) is 1.05. The van der Waals surface area contributed by atoms with Gasteiger partial charge in [-0.25, -0.2) is 8.78 Å². The van der Waals surface area contributed by atoms with Gasteiger partial charge in [-0.1, -0.05) is 23.7 Å². The van der Waals surface area contributed by atoms with Crippen LogP contribution in [0.5, 0.6) is 0 Å². The van der Waals surface area contributed by atoms with Crippen molar-refractivity contribution in [2.24, 2.45) is 0 Å². The van der Waals surface area contributed by atoms with Crippen LogP contribution < -0.4 is 10.6 Å². The van der Waals surface area contributed by atoms with Crippen LogP contribution in [0, 0.1) is 11.6 Å². The molecule has 4 nitrogen and oxygen atoms in total. The first-order valence-corrected chi connectivity index (χ1v) is 7.04. The third kappa shape index (κ3) is 4.26. The Morgan fingerprint density at radius 3 is 2.30 bits per heavy atom. The Hall–Kier alpha value is -2.47. The monoisotopic (exact) mass is 338 g/mol. The molecule has 0 radical (unpaired) electrons. The van der Waals surface area contributed by atoms with Gasteiger partial charge in [-0.2, -0.15) is 0 Å². The fourth-order valence-corrected chi connectivity index (χ4v) is 2.11. The summed E-state index contributed by atoms with van der Waals surface area (Å²) >= 11 is 5.75. The average Bonchev–Trinajstić information content (AvgIpc) is 2.52. The lowest BCUT2D eigenvalue weighted by molar-refractivity contribution is -0.119. The second-order valence-corrected chi connectivity index (χ2v) is 5.15. The van der Waals surface area contributed by atoms with Crippen LogP contribution in [0.25, 0.3) is 0 Å². The zero-order valence-corrected chi connectivity index (χ0v) is 12.9. The van der Waals surface area contributed by atoms with Crippen molar-refractivity contribution in [1.82, 2.24) is 5.32 Å². The lowest BCUT2D eigenvalue weighted by atomic mass is 10.1. The van der Waals surface area contributed by atoms with Crippen LogP contribution in [-0.4, -0.2) is 18.9 Å². The number of carbonyl (C=O) groups is 2. The summed E-state index contributed by atoms with van der Waals surface area (Å²) in [5.74, 6) is -3.06. The Morgan fingerprint density at radius 2 is 1.70 bits per heavy atom. The van der Waals surface area contributed by atoms with Gasteiger partial charge in [-0.05, 0) is 29.8 Å². The molecule has 2 amide bonds. The van der Waals surface area contributed by atoms with Crippen molar-refractivity contribution < 1.29 is 18.4 Å². The first-order chi connectivity index (χ1) is 10.9. The normalized spacial score (nSPS) is 10.3. The maximum Gasteiger partial charge on any atom is 0.257 e. The summed E-state index contributed by atoms with van der Waals surface area (Å²) in [6, 6.07) is 8.05. The lowest BCUT2D eigenvalue weighted by Gasteiger charge is -2.08. The van der Waals surface area contributed by atoms with Crippen LogP contribution in [0.4, 0.5) is 14.5 Å². The van der Waals surface area contributed by atoms with E-state index in [1.54, 1.807) is 31.3 Å². The molecule has 0 aromatic heterocycles. The van der Waals surface area contributed by atoms with Gasteiger partial charge in [-0.3, -0.25) is 9.59 Å². The molecule has 23 heavy (non-hydrogen) atoms. The minimum atomic E-state index is -1.15. The minimum Gasteiger partial charge on any atom is -0.359 e. The molecule has 0 aliphatic rings. The number of carbonyl (C=O) groups excluding carboxylic acids is 2. The van der Waals surface area contributed by atoms with Gasteiger partial charge in [0.1, 0.15) is 0 Å². The van der Waals surface area contributed by atoms with Gasteiger partial charge >= 0.3 is 0 Å². The molecular weight excluding hydrogens is 326 g/mol. The number of rotatable bonds is 4. The second-order valence-electron chi connectivity index (χ2n) is 4.75. The number of anilines is 1. The summed E-state index contributed by atoms with van der Waals surface area (Å²) < 4.78 is 26.2. The molecule has 0 atom stereocenters. The summed E-state index contributed by atoms with van der Waals surface area (Å²) in [4.78, 5) is 23.3. The highest BCUT2D eigenvalue weighted by Gasteiger charge is 2.15. The molecule has 0 saturated carbocycles. The van der Waals surface area contributed by atoms with E-state index < -0.39 is 17.5 Å². The van der Waals surface area contributed by atoms with Gasteiger partial charge in [0.2, 0.25) is 5.91 Å². The molecule has 0 fully saturated rings. The Kier molecular flexibility index (Phi) is 5.28. The summed E-state index contributed by atoms with van der Waals surface area (Å²) in [6.07, 6.45) is 0.222. The van der Waals surface area contributed by atoms with Gasteiger partial charge < -0.3 is 10.6 Å². The maximum absolute atomic E-state index is 13.2. The molecular formula is C16H13ClF2N2O2. The number of amides is 2. The number of likely N-dealkylation sites (N-methyl/N-ethyl adjacent to an activating group) is 1. The van der Waals surface area contributed by atoms with E-state index in [-0.39, 0.29) is 22.9 Å². The van der Waals surface area contributed by atoms with Gasteiger partial charge in [0.15, 0.2) is 11.6 Å². The van der Waals surface area contributed by atoms with E-state index in [2.05, 4.69) is 10.6 Å². The van der Waals surface area contributed by atoms with Crippen molar-refractivity contribution in [1.29, 1.82) is 0 Å². The molecule has 0 bridgehead atoms. The van der Waals surface area contributed by atoms with E-state index in [0.29, 0.717) is 5.69 Å². The fourth-order valence-electron chi connectivity index (χ4n) is 1.87. The highest BCUT2D eigenvalue weighted by molar-refractivity contribution is 6.34. The average molecular weight is 339 g/mol. The number of hydrogen-bond donors (Lipinski definition) is 2. The fraction of sp³-hybridized carbons (Fsp3) is 0.125. The van der Waals surface area contributed by atoms with Crippen LogP contribution in [0.15, 0.2) is 36.4 Å². The lowest BCUT2D eigenvalue weighted by Crippen LogP contribution is -2.19. The summed E-state index contributed by atoms with van der Waals surface area (Å²) in [6.45, 7) is 0. The number of benzene rings is 2. The van der Waals surface area contributed by atoms with E-state index in [9.17, 15) is 18.4 Å². The van der Waals surface area contributed by atoms with Crippen molar-refractivity contribution in [3.05, 3.63) is 64.2 Å². The van der Waals surface area contributed by atoms with Crippen LogP contribution in [0.1, 0.15) is 15.9 Å². The zero-order chi connectivity index (χ0) is 17.0. The van der Waals surface area contributed by atoms with Gasteiger partial charge in [0.25, 0.3) is 5.91 Å². The molecule has 7 heteroatoms. The van der Waals surface area contributed by atoms with Crippen LogP contribution in [-0.2, 0) is 11.2 Å². The Morgan fingerprint density at radius 1 is 1.09 bits per heavy atom. The Balaban J connectivity index is 2.11. The van der Waals surface area contributed by atoms with E-state index in [0.717, 1.165) is 17.7 Å². The second kappa shape index (κ2) is 7.19. The van der Waals surface area contributed by atoms with Crippen molar-refractivity contribution in [3.63, 3.8) is 0 Å². The number of nitrogens with one attached hydrogen (secondary N) is 2. The predicted molar refractivity (Wildman–Crippen MR) is 83.5 cm³/mol. The smallest absolute Gasteiger partial charge is 0.257 e. The van der Waals surface area contributed by atoms with Crippen molar-refractivity contribution in [2.45, 2.75) is 6.42 Å². The summed E-state index contributed by atoms with van der Waals surface area (Å²) in [7, 11) is 1.54. The molecule has 2 rings (SSSR count). The molecule has 2 aromatic rings. The number of hydrogen-bond acceptors (Lipinski definition) is 2. The first kappa shape index (κ1) is 16.9. The minimum absolute atomic E-state index is 0.129. The molecule has 0 saturated heterocycles. The molecule has 0 spiro atoms. The molecule has 0 aliphatic carbocycles. The largest absolute Gasteiger partial charge is 0.359 e. The molecule has 0 heterocycles. The maximum atomic E-state index is 13.2.